The molecular weight excluding hydrogens is 275 g/mol. The Kier molecular flexibility index (Phi) is 3.00. The van der Waals surface area contributed by atoms with E-state index in [0.29, 0.717) is 11.5 Å². The maximum atomic E-state index is 13.0. The fourth-order valence-electron chi connectivity index (χ4n) is 1.17. The summed E-state index contributed by atoms with van der Waals surface area (Å²) in [7, 11) is 0. The molecule has 0 aliphatic heterocycles. The molecule has 1 aromatic carbocycles. The van der Waals surface area contributed by atoms with Crippen molar-refractivity contribution in [2.45, 2.75) is 0 Å². The van der Waals surface area contributed by atoms with Crippen LogP contribution in [0.25, 0.3) is 0 Å². The molecule has 3 N–H and O–H groups in total. The molecule has 0 spiro atoms. The number of benzene rings is 1. The van der Waals surface area contributed by atoms with Gasteiger partial charge in [0.2, 0.25) is 5.95 Å². The first-order valence-electron chi connectivity index (χ1n) is 4.46. The van der Waals surface area contributed by atoms with Crippen molar-refractivity contribution in [3.63, 3.8) is 0 Å². The van der Waals surface area contributed by atoms with E-state index in [4.69, 9.17) is 5.73 Å². The zero-order chi connectivity index (χ0) is 11.5. The minimum Gasteiger partial charge on any atom is -0.368 e. The topological polar surface area (TPSA) is 63.8 Å². The van der Waals surface area contributed by atoms with Crippen molar-refractivity contribution < 1.29 is 4.39 Å². The average Bonchev–Trinajstić information content (AvgIpc) is 2.24. The van der Waals surface area contributed by atoms with Gasteiger partial charge < -0.3 is 11.1 Å². The van der Waals surface area contributed by atoms with Gasteiger partial charge in [-0.05, 0) is 40.2 Å². The van der Waals surface area contributed by atoms with Crippen LogP contribution in [0.3, 0.4) is 0 Å². The summed E-state index contributed by atoms with van der Waals surface area (Å²) < 4.78 is 13.8. The Labute approximate surface area is 99.9 Å². The molecule has 2 rings (SSSR count). The number of halogens is 2. The highest BCUT2D eigenvalue weighted by molar-refractivity contribution is 9.10. The zero-order valence-electron chi connectivity index (χ0n) is 8.11. The van der Waals surface area contributed by atoms with Crippen LogP contribution in [0.2, 0.25) is 0 Å². The van der Waals surface area contributed by atoms with E-state index in [1.165, 1.54) is 18.3 Å². The Morgan fingerprint density at radius 3 is 2.88 bits per heavy atom. The Balaban J connectivity index is 2.30. The van der Waals surface area contributed by atoms with Crippen LogP contribution < -0.4 is 11.1 Å². The normalized spacial score (nSPS) is 10.1. The maximum absolute atomic E-state index is 13.0. The van der Waals surface area contributed by atoms with Gasteiger partial charge in [-0.2, -0.15) is 4.98 Å². The molecule has 0 saturated carbocycles. The molecule has 0 unspecified atom stereocenters. The molecule has 0 aliphatic rings. The Bertz CT molecular complexity index is 518. The molecule has 0 fully saturated rings. The highest BCUT2D eigenvalue weighted by Crippen LogP contribution is 2.25. The predicted molar refractivity (Wildman–Crippen MR) is 63.8 cm³/mol. The third-order valence-electron chi connectivity index (χ3n) is 1.87. The fraction of sp³-hybridized carbons (Fsp3) is 0. The number of hydrogen-bond acceptors (Lipinski definition) is 4. The smallest absolute Gasteiger partial charge is 0.221 e. The second-order valence-electron chi connectivity index (χ2n) is 3.05. The van der Waals surface area contributed by atoms with E-state index in [9.17, 15) is 4.39 Å². The molecule has 0 amide bonds. The highest BCUT2D eigenvalue weighted by atomic mass is 79.9. The Hall–Kier alpha value is -1.69. The minimum absolute atomic E-state index is 0.164. The van der Waals surface area contributed by atoms with Crippen LogP contribution in [0.5, 0.6) is 0 Å². The lowest BCUT2D eigenvalue weighted by atomic mass is 10.3. The van der Waals surface area contributed by atoms with E-state index in [1.54, 1.807) is 12.1 Å². The van der Waals surface area contributed by atoms with E-state index in [2.05, 4.69) is 31.2 Å². The second-order valence-corrected chi connectivity index (χ2v) is 3.90. The van der Waals surface area contributed by atoms with Gasteiger partial charge in [0.25, 0.3) is 0 Å². The first-order chi connectivity index (χ1) is 7.65. The summed E-state index contributed by atoms with van der Waals surface area (Å²) in [5.74, 6) is 0.351. The predicted octanol–water partition coefficient (Wildman–Crippen LogP) is 2.70. The molecule has 1 heterocycles. The third-order valence-corrected chi connectivity index (χ3v) is 2.56. The van der Waals surface area contributed by atoms with E-state index in [-0.39, 0.29) is 11.8 Å². The van der Waals surface area contributed by atoms with Gasteiger partial charge in [0.05, 0.1) is 5.69 Å². The molecule has 1 aromatic heterocycles. The largest absolute Gasteiger partial charge is 0.368 e. The molecule has 0 atom stereocenters. The van der Waals surface area contributed by atoms with Crippen LogP contribution in [-0.2, 0) is 0 Å². The van der Waals surface area contributed by atoms with Crippen molar-refractivity contribution in [3.8, 4) is 0 Å². The zero-order valence-corrected chi connectivity index (χ0v) is 9.70. The van der Waals surface area contributed by atoms with Crippen LogP contribution in [0, 0.1) is 5.82 Å². The van der Waals surface area contributed by atoms with Crippen LogP contribution >= 0.6 is 15.9 Å². The molecule has 0 radical (unpaired) electrons. The lowest BCUT2D eigenvalue weighted by Gasteiger charge is -2.07. The summed E-state index contributed by atoms with van der Waals surface area (Å²) in [4.78, 5) is 7.71. The van der Waals surface area contributed by atoms with Crippen molar-refractivity contribution in [1.82, 2.24) is 9.97 Å². The third kappa shape index (κ3) is 2.46. The molecule has 2 aromatic rings. The fourth-order valence-corrected chi connectivity index (χ4v) is 1.52. The van der Waals surface area contributed by atoms with Crippen LogP contribution in [0.15, 0.2) is 34.9 Å². The summed E-state index contributed by atoms with van der Waals surface area (Å²) in [6.45, 7) is 0. The molecular formula is C10H8BrFN4. The van der Waals surface area contributed by atoms with Crippen LogP contribution in [0.1, 0.15) is 0 Å². The van der Waals surface area contributed by atoms with Crippen molar-refractivity contribution in [2.75, 3.05) is 11.1 Å². The first kappa shape index (κ1) is 10.8. The number of nitrogens with one attached hydrogen (secondary N) is 1. The van der Waals surface area contributed by atoms with Gasteiger partial charge in [-0.15, -0.1) is 0 Å². The summed E-state index contributed by atoms with van der Waals surface area (Å²) in [5, 5.41) is 2.94. The van der Waals surface area contributed by atoms with Gasteiger partial charge in [0, 0.05) is 10.7 Å². The summed E-state index contributed by atoms with van der Waals surface area (Å²) in [6, 6.07) is 5.99. The molecule has 0 bridgehead atoms. The number of hydrogen-bond donors (Lipinski definition) is 2. The van der Waals surface area contributed by atoms with Gasteiger partial charge in [0.15, 0.2) is 0 Å². The van der Waals surface area contributed by atoms with Crippen LogP contribution in [0.4, 0.5) is 21.8 Å². The monoisotopic (exact) mass is 282 g/mol. The summed E-state index contributed by atoms with van der Waals surface area (Å²) in [5.41, 5.74) is 6.01. The second kappa shape index (κ2) is 4.44. The first-order valence-corrected chi connectivity index (χ1v) is 5.25. The summed E-state index contributed by atoms with van der Waals surface area (Å²) >= 11 is 3.30. The van der Waals surface area contributed by atoms with Crippen molar-refractivity contribution >= 4 is 33.4 Å². The number of nitrogen functional groups attached to an aromatic ring is 1. The lowest BCUT2D eigenvalue weighted by Crippen LogP contribution is -1.99. The molecule has 6 heteroatoms. The van der Waals surface area contributed by atoms with E-state index in [1.807, 2.05) is 0 Å². The van der Waals surface area contributed by atoms with Gasteiger partial charge in [-0.1, -0.05) is 0 Å². The van der Waals surface area contributed by atoms with Gasteiger partial charge in [-0.25, -0.2) is 9.37 Å². The van der Waals surface area contributed by atoms with Gasteiger partial charge in [0.1, 0.15) is 11.6 Å². The lowest BCUT2D eigenvalue weighted by molar-refractivity contribution is 0.628. The molecule has 0 saturated heterocycles. The van der Waals surface area contributed by atoms with Crippen molar-refractivity contribution in [1.29, 1.82) is 0 Å². The minimum atomic E-state index is -0.326. The maximum Gasteiger partial charge on any atom is 0.221 e. The van der Waals surface area contributed by atoms with Crippen molar-refractivity contribution in [2.24, 2.45) is 0 Å². The molecule has 4 nitrogen and oxygen atoms in total. The Morgan fingerprint density at radius 1 is 1.31 bits per heavy atom. The van der Waals surface area contributed by atoms with Crippen molar-refractivity contribution in [3.05, 3.63) is 40.8 Å². The molecule has 0 aliphatic carbocycles. The van der Waals surface area contributed by atoms with Gasteiger partial charge >= 0.3 is 0 Å². The molecule has 82 valence electrons. The van der Waals surface area contributed by atoms with E-state index >= 15 is 0 Å². The van der Waals surface area contributed by atoms with E-state index < -0.39 is 0 Å². The number of aromatic nitrogens is 2. The SMILES string of the molecule is Nc1nccc(Nc2cc(F)ccc2Br)n1. The number of rotatable bonds is 2. The summed E-state index contributed by atoms with van der Waals surface area (Å²) in [6.07, 6.45) is 1.53. The quantitative estimate of drug-likeness (QED) is 0.889. The standard InChI is InChI=1S/C10H8BrFN4/c11-7-2-1-6(12)5-8(7)15-9-3-4-14-10(13)16-9/h1-5H,(H3,13,14,15,16). The molecule has 16 heavy (non-hydrogen) atoms. The number of nitrogens with two attached hydrogens (primary N) is 1. The van der Waals surface area contributed by atoms with E-state index in [0.717, 1.165) is 4.47 Å². The average molecular weight is 283 g/mol. The van der Waals surface area contributed by atoms with Gasteiger partial charge in [-0.3, -0.25) is 0 Å². The Morgan fingerprint density at radius 2 is 2.12 bits per heavy atom. The van der Waals surface area contributed by atoms with Crippen LogP contribution in [-0.4, -0.2) is 9.97 Å². The number of nitrogens with zero attached hydrogens (tertiary/aromatic N) is 2. The number of anilines is 3. The highest BCUT2D eigenvalue weighted by Gasteiger charge is 2.03.